The Morgan fingerprint density at radius 3 is 2.03 bits per heavy atom. The second-order valence-electron chi connectivity index (χ2n) is 7.53. The molecule has 2 aromatic rings. The third-order valence-electron chi connectivity index (χ3n) is 4.84. The van der Waals surface area contributed by atoms with Crippen LogP contribution in [0, 0.1) is 0 Å². The zero-order chi connectivity index (χ0) is 21.6. The minimum absolute atomic E-state index is 0.131. The van der Waals surface area contributed by atoms with E-state index in [4.69, 9.17) is 0 Å². The average Bonchev–Trinajstić information content (AvgIpc) is 2.68. The topological polar surface area (TPSA) is 69.7 Å². The molecule has 29 heavy (non-hydrogen) atoms. The number of rotatable bonds is 9. The van der Waals surface area contributed by atoms with Crippen molar-refractivity contribution in [1.29, 1.82) is 0 Å². The maximum Gasteiger partial charge on any atom is 0.243 e. The predicted molar refractivity (Wildman–Crippen MR) is 117 cm³/mol. The summed E-state index contributed by atoms with van der Waals surface area (Å²) >= 11 is 0. The number of hydrogen-bond donors (Lipinski definition) is 1. The van der Waals surface area contributed by atoms with Gasteiger partial charge in [-0.25, -0.2) is 8.42 Å². The lowest BCUT2D eigenvalue weighted by atomic mass is 10.1. The van der Waals surface area contributed by atoms with Crippen molar-refractivity contribution in [1.82, 2.24) is 9.21 Å². The Bertz CT molecular complexity index is 907. The molecule has 0 spiro atoms. The molecular weight excluding hydrogens is 386 g/mol. The fourth-order valence-corrected chi connectivity index (χ4v) is 4.22. The van der Waals surface area contributed by atoms with Crippen molar-refractivity contribution < 1.29 is 13.2 Å². The van der Waals surface area contributed by atoms with Crippen LogP contribution < -0.4 is 5.32 Å². The molecule has 0 bridgehead atoms. The molecule has 0 radical (unpaired) electrons. The molecule has 0 saturated heterocycles. The molecule has 0 aromatic heterocycles. The average molecular weight is 418 g/mol. The minimum atomic E-state index is -3.53. The molecule has 0 fully saturated rings. The third kappa shape index (κ3) is 6.39. The Balaban J connectivity index is 1.93. The van der Waals surface area contributed by atoms with Crippen molar-refractivity contribution in [3.63, 3.8) is 0 Å². The zero-order valence-electron chi connectivity index (χ0n) is 17.8. The second kappa shape index (κ2) is 10.0. The Kier molecular flexibility index (Phi) is 7.96. The van der Waals surface area contributed by atoms with Crippen LogP contribution in [0.25, 0.3) is 0 Å². The van der Waals surface area contributed by atoms with Gasteiger partial charge < -0.3 is 5.32 Å². The summed E-state index contributed by atoms with van der Waals surface area (Å²) in [5.74, 6) is -0.146. The molecule has 7 heteroatoms. The molecule has 6 nitrogen and oxygen atoms in total. The van der Waals surface area contributed by atoms with Gasteiger partial charge in [-0.05, 0) is 62.7 Å². The molecular formula is C22H31N3O3S. The largest absolute Gasteiger partial charge is 0.325 e. The summed E-state index contributed by atoms with van der Waals surface area (Å²) in [6, 6.07) is 14.5. The molecule has 0 heterocycles. The van der Waals surface area contributed by atoms with Gasteiger partial charge in [-0.15, -0.1) is 0 Å². The highest BCUT2D eigenvalue weighted by Crippen LogP contribution is 2.19. The fraction of sp³-hybridized carbons (Fsp3) is 0.409. The summed E-state index contributed by atoms with van der Waals surface area (Å²) in [4.78, 5) is 14.5. The summed E-state index contributed by atoms with van der Waals surface area (Å²) in [6.07, 6.45) is 1.01. The molecule has 0 aliphatic carbocycles. The van der Waals surface area contributed by atoms with E-state index < -0.39 is 10.0 Å². The Hall–Kier alpha value is -2.22. The van der Waals surface area contributed by atoms with E-state index in [0.29, 0.717) is 12.2 Å². The van der Waals surface area contributed by atoms with Crippen LogP contribution in [-0.2, 0) is 27.8 Å². The molecule has 2 rings (SSSR count). The molecule has 0 atom stereocenters. The number of nitrogens with zero attached hydrogens (tertiary/aromatic N) is 2. The zero-order valence-corrected chi connectivity index (χ0v) is 18.7. The summed E-state index contributed by atoms with van der Waals surface area (Å²) in [6.45, 7) is 6.68. The van der Waals surface area contributed by atoms with Crippen LogP contribution in [0.3, 0.4) is 0 Å². The molecule has 158 valence electrons. The quantitative estimate of drug-likeness (QED) is 0.679. The maximum absolute atomic E-state index is 12.5. The number of likely N-dealkylation sites (N-methyl/N-ethyl adjacent to an activating group) is 1. The summed E-state index contributed by atoms with van der Waals surface area (Å²) in [5.41, 5.74) is 3.02. The van der Waals surface area contributed by atoms with Gasteiger partial charge in [-0.3, -0.25) is 9.69 Å². The highest BCUT2D eigenvalue weighted by molar-refractivity contribution is 7.89. The number of anilines is 1. The number of nitrogens with one attached hydrogen (secondary N) is 1. The first-order chi connectivity index (χ1) is 13.6. The van der Waals surface area contributed by atoms with E-state index in [9.17, 15) is 13.2 Å². The molecule has 0 aliphatic rings. The second-order valence-corrected chi connectivity index (χ2v) is 9.53. The Morgan fingerprint density at radius 1 is 0.966 bits per heavy atom. The van der Waals surface area contributed by atoms with Gasteiger partial charge >= 0.3 is 0 Å². The van der Waals surface area contributed by atoms with Crippen LogP contribution >= 0.6 is 0 Å². The van der Waals surface area contributed by atoms with Gasteiger partial charge in [0, 0.05) is 25.3 Å². The van der Waals surface area contributed by atoms with Crippen LogP contribution in [0.2, 0.25) is 0 Å². The van der Waals surface area contributed by atoms with E-state index in [2.05, 4.69) is 36.5 Å². The van der Waals surface area contributed by atoms with Crippen LogP contribution in [-0.4, -0.2) is 50.2 Å². The SMILES string of the molecule is CCc1ccc(CN(C)CC(=O)Nc2ccc(S(=O)(=O)N(C)C(C)C)cc2)cc1. The number of carbonyl (C=O) groups is 1. The summed E-state index contributed by atoms with van der Waals surface area (Å²) in [7, 11) is -0.0793. The van der Waals surface area contributed by atoms with Crippen molar-refractivity contribution in [2.45, 2.75) is 44.7 Å². The van der Waals surface area contributed by atoms with Crippen molar-refractivity contribution in [2.24, 2.45) is 0 Å². The van der Waals surface area contributed by atoms with Crippen molar-refractivity contribution >= 4 is 21.6 Å². The normalized spacial score (nSPS) is 12.0. The van der Waals surface area contributed by atoms with E-state index in [-0.39, 0.29) is 23.4 Å². The highest BCUT2D eigenvalue weighted by Gasteiger charge is 2.22. The number of aryl methyl sites for hydroxylation is 1. The van der Waals surface area contributed by atoms with Gasteiger partial charge in [0.2, 0.25) is 15.9 Å². The van der Waals surface area contributed by atoms with Gasteiger partial charge in [0.15, 0.2) is 0 Å². The maximum atomic E-state index is 12.5. The van der Waals surface area contributed by atoms with Gasteiger partial charge in [-0.1, -0.05) is 31.2 Å². The summed E-state index contributed by atoms with van der Waals surface area (Å²) < 4.78 is 26.3. The van der Waals surface area contributed by atoms with Crippen LogP contribution in [0.5, 0.6) is 0 Å². The van der Waals surface area contributed by atoms with Crippen LogP contribution in [0.15, 0.2) is 53.4 Å². The fourth-order valence-electron chi connectivity index (χ4n) is 2.85. The third-order valence-corrected chi connectivity index (χ3v) is 6.89. The predicted octanol–water partition coefficient (Wildman–Crippen LogP) is 3.35. The van der Waals surface area contributed by atoms with E-state index in [1.54, 1.807) is 19.2 Å². The van der Waals surface area contributed by atoms with Gasteiger partial charge in [-0.2, -0.15) is 4.31 Å². The van der Waals surface area contributed by atoms with Gasteiger partial charge in [0.05, 0.1) is 11.4 Å². The lowest BCUT2D eigenvalue weighted by Crippen LogP contribution is -2.33. The van der Waals surface area contributed by atoms with E-state index in [1.807, 2.05) is 25.8 Å². The molecule has 2 aromatic carbocycles. The standard InChI is InChI=1S/C22H31N3O3S/c1-6-18-7-9-19(10-8-18)15-24(4)16-22(26)23-20-11-13-21(14-12-20)29(27,28)25(5)17(2)3/h7-14,17H,6,15-16H2,1-5H3,(H,23,26). The van der Waals surface area contributed by atoms with Crippen LogP contribution in [0.4, 0.5) is 5.69 Å². The molecule has 0 unspecified atom stereocenters. The lowest BCUT2D eigenvalue weighted by molar-refractivity contribution is -0.117. The van der Waals surface area contributed by atoms with Gasteiger partial charge in [0.25, 0.3) is 0 Å². The first kappa shape index (κ1) is 23.1. The Morgan fingerprint density at radius 2 is 1.52 bits per heavy atom. The number of hydrogen-bond acceptors (Lipinski definition) is 4. The van der Waals surface area contributed by atoms with Crippen LogP contribution in [0.1, 0.15) is 31.9 Å². The molecule has 1 amide bonds. The number of amides is 1. The number of benzene rings is 2. The summed E-state index contributed by atoms with van der Waals surface area (Å²) in [5, 5.41) is 2.82. The number of sulfonamides is 1. The highest BCUT2D eigenvalue weighted by atomic mass is 32.2. The first-order valence-electron chi connectivity index (χ1n) is 9.77. The monoisotopic (exact) mass is 417 g/mol. The van der Waals surface area contributed by atoms with Crippen molar-refractivity contribution in [3.8, 4) is 0 Å². The minimum Gasteiger partial charge on any atom is -0.325 e. The smallest absolute Gasteiger partial charge is 0.243 e. The van der Waals surface area contributed by atoms with Crippen molar-refractivity contribution in [3.05, 3.63) is 59.7 Å². The van der Waals surface area contributed by atoms with E-state index in [1.165, 1.54) is 22.0 Å². The first-order valence-corrected chi connectivity index (χ1v) is 11.2. The van der Waals surface area contributed by atoms with E-state index in [0.717, 1.165) is 12.0 Å². The van der Waals surface area contributed by atoms with E-state index >= 15 is 0 Å². The number of carbonyl (C=O) groups excluding carboxylic acids is 1. The Labute approximate surface area is 174 Å². The molecule has 0 saturated carbocycles. The molecule has 1 N–H and O–H groups in total. The van der Waals surface area contributed by atoms with Crippen molar-refractivity contribution in [2.75, 3.05) is 26.0 Å². The van der Waals surface area contributed by atoms with Gasteiger partial charge in [0.1, 0.15) is 0 Å². The lowest BCUT2D eigenvalue weighted by Gasteiger charge is -2.21. The molecule has 0 aliphatic heterocycles.